The van der Waals surface area contributed by atoms with Crippen LogP contribution in [0.5, 0.6) is 5.75 Å². The average Bonchev–Trinajstić information content (AvgIpc) is 1.94. The molecule has 4 N–H and O–H groups in total. The van der Waals surface area contributed by atoms with Gasteiger partial charge in [0.25, 0.3) is 0 Å². The topological polar surface area (TPSA) is 83.5 Å². The molecule has 0 radical (unpaired) electrons. The Hall–Kier alpha value is -0.710. The van der Waals surface area contributed by atoms with Crippen LogP contribution >= 0.6 is 0 Å². The zero-order chi connectivity index (χ0) is 8.43. The predicted octanol–water partition coefficient (Wildman–Crippen LogP) is 0.0241. The van der Waals surface area contributed by atoms with Crippen molar-refractivity contribution in [1.29, 1.82) is 0 Å². The molecule has 0 atom stereocenters. The summed E-state index contributed by atoms with van der Waals surface area (Å²) in [6.45, 7) is 0. The van der Waals surface area contributed by atoms with Gasteiger partial charge in [-0.1, -0.05) is 0 Å². The van der Waals surface area contributed by atoms with Gasteiger partial charge in [-0.05, 0) is 18.2 Å². The third kappa shape index (κ3) is 2.41. The van der Waals surface area contributed by atoms with E-state index in [1.165, 1.54) is 18.2 Å². The fourth-order valence-corrected chi connectivity index (χ4v) is 0.725. The normalized spacial score (nSPS) is 8.67. The molecular weight excluding hydrogens is 169 g/mol. The fraction of sp³-hybridized carbons (Fsp3) is 0. The van der Waals surface area contributed by atoms with Gasteiger partial charge in [-0.2, -0.15) is 0 Å². The van der Waals surface area contributed by atoms with Crippen molar-refractivity contribution in [2.24, 2.45) is 0 Å². The van der Waals surface area contributed by atoms with Gasteiger partial charge in [-0.25, -0.2) is 4.79 Å². The van der Waals surface area contributed by atoms with Crippen molar-refractivity contribution in [1.82, 2.24) is 0 Å². The summed E-state index contributed by atoms with van der Waals surface area (Å²) in [7, 11) is 0. The van der Waals surface area contributed by atoms with Crippen molar-refractivity contribution in [2.75, 3.05) is 5.73 Å². The summed E-state index contributed by atoms with van der Waals surface area (Å²) >= 11 is 0. The second kappa shape index (κ2) is 4.35. The molecule has 0 aliphatic carbocycles. The van der Waals surface area contributed by atoms with Crippen LogP contribution in [0.2, 0.25) is 0 Å². The molecule has 1 aromatic carbocycles. The van der Waals surface area contributed by atoms with E-state index in [-0.39, 0.29) is 40.9 Å². The number of carbonyl (C=O) groups is 1. The summed E-state index contributed by atoms with van der Waals surface area (Å²) in [5, 5.41) is 17.4. The molecule has 0 amide bonds. The summed E-state index contributed by atoms with van der Waals surface area (Å²) in [5.41, 5.74) is 5.43. The van der Waals surface area contributed by atoms with Gasteiger partial charge in [0.15, 0.2) is 0 Å². The Kier molecular flexibility index (Phi) is 4.09. The first-order chi connectivity index (χ1) is 5.11. The van der Waals surface area contributed by atoms with Gasteiger partial charge in [0.2, 0.25) is 0 Å². The van der Waals surface area contributed by atoms with E-state index >= 15 is 0 Å². The van der Waals surface area contributed by atoms with Crippen LogP contribution in [0, 0.1) is 0 Å². The first-order valence-corrected chi connectivity index (χ1v) is 2.93. The van der Waals surface area contributed by atoms with Crippen molar-refractivity contribution < 1.29 is 15.0 Å². The minimum atomic E-state index is -1.19. The molecule has 1 rings (SSSR count). The number of phenols is 1. The number of aromatic carboxylic acids is 1. The number of carboxylic acids is 1. The van der Waals surface area contributed by atoms with E-state index in [1.54, 1.807) is 0 Å². The van der Waals surface area contributed by atoms with Crippen molar-refractivity contribution in [3.8, 4) is 5.75 Å². The number of nitrogens with two attached hydrogens (primary N) is 1. The molecule has 0 fully saturated rings. The Balaban J connectivity index is 0.00000121. The van der Waals surface area contributed by atoms with Crippen LogP contribution < -0.4 is 5.73 Å². The van der Waals surface area contributed by atoms with E-state index < -0.39 is 5.97 Å². The van der Waals surface area contributed by atoms with Crippen LogP contribution in [0.15, 0.2) is 18.2 Å². The first kappa shape index (κ1) is 11.3. The maximum atomic E-state index is 10.4. The molecule has 1 aromatic rings. The molecule has 0 aromatic heterocycles. The van der Waals surface area contributed by atoms with Crippen molar-refractivity contribution in [3.63, 3.8) is 0 Å². The molecule has 0 aliphatic heterocycles. The zero-order valence-electron chi connectivity index (χ0n) is 5.61. The molecule has 0 saturated heterocycles. The van der Waals surface area contributed by atoms with E-state index in [2.05, 4.69) is 0 Å². The number of hydrogen-bond donors (Lipinski definition) is 3. The van der Waals surface area contributed by atoms with Crippen LogP contribution in [-0.2, 0) is 0 Å². The molecule has 0 aliphatic rings. The number of aromatic hydroxyl groups is 1. The standard InChI is InChI=1S/C7H7NO3.Na.H/c8-4-1-2-6(9)5(3-4)7(10)11;;/h1-3,9H,8H2,(H,10,11);;. The third-order valence-corrected chi connectivity index (χ3v) is 1.25. The molecular formula is C7H8NNaO3. The Morgan fingerprint density at radius 2 is 2.00 bits per heavy atom. The van der Waals surface area contributed by atoms with E-state index in [1.807, 2.05) is 0 Å². The van der Waals surface area contributed by atoms with Crippen LogP contribution in [0.3, 0.4) is 0 Å². The van der Waals surface area contributed by atoms with E-state index in [9.17, 15) is 4.79 Å². The second-order valence-electron chi connectivity index (χ2n) is 2.08. The molecule has 60 valence electrons. The van der Waals surface area contributed by atoms with Gasteiger partial charge in [-0.3, -0.25) is 0 Å². The maximum absolute atomic E-state index is 10.4. The molecule has 5 heteroatoms. The number of anilines is 1. The number of carboxylic acid groups (broad SMARTS) is 1. The van der Waals surface area contributed by atoms with Crippen LogP contribution in [0.1, 0.15) is 10.4 Å². The predicted molar refractivity (Wildman–Crippen MR) is 46.6 cm³/mol. The second-order valence-corrected chi connectivity index (χ2v) is 2.08. The van der Waals surface area contributed by atoms with Gasteiger partial charge in [0.1, 0.15) is 11.3 Å². The molecule has 0 bridgehead atoms. The number of nitrogen functional groups attached to an aromatic ring is 1. The summed E-state index contributed by atoms with van der Waals surface area (Å²) in [5.74, 6) is -1.46. The molecule has 4 nitrogen and oxygen atoms in total. The minimum absolute atomic E-state index is 0. The monoisotopic (exact) mass is 177 g/mol. The third-order valence-electron chi connectivity index (χ3n) is 1.25. The molecule has 0 spiro atoms. The molecule has 0 heterocycles. The van der Waals surface area contributed by atoms with Crippen molar-refractivity contribution in [2.45, 2.75) is 0 Å². The van der Waals surface area contributed by atoms with Gasteiger partial charge >= 0.3 is 35.5 Å². The van der Waals surface area contributed by atoms with Crippen LogP contribution in [0.4, 0.5) is 5.69 Å². The summed E-state index contributed by atoms with van der Waals surface area (Å²) in [6, 6.07) is 3.89. The average molecular weight is 177 g/mol. The molecule has 12 heavy (non-hydrogen) atoms. The summed E-state index contributed by atoms with van der Waals surface area (Å²) in [6.07, 6.45) is 0. The SMILES string of the molecule is Nc1ccc(O)c(C(=O)O)c1.[NaH]. The van der Waals surface area contributed by atoms with Crippen molar-refractivity contribution in [3.05, 3.63) is 23.8 Å². The first-order valence-electron chi connectivity index (χ1n) is 2.93. The molecule has 0 unspecified atom stereocenters. The Bertz CT molecular complexity index is 301. The van der Waals surface area contributed by atoms with Gasteiger partial charge in [-0.15, -0.1) is 0 Å². The summed E-state index contributed by atoms with van der Waals surface area (Å²) < 4.78 is 0. The van der Waals surface area contributed by atoms with E-state index in [0.29, 0.717) is 5.69 Å². The Labute approximate surface area is 91.3 Å². The zero-order valence-corrected chi connectivity index (χ0v) is 5.61. The number of benzene rings is 1. The Morgan fingerprint density at radius 3 is 2.42 bits per heavy atom. The van der Waals surface area contributed by atoms with E-state index in [4.69, 9.17) is 15.9 Å². The van der Waals surface area contributed by atoms with Gasteiger partial charge < -0.3 is 15.9 Å². The molecule has 0 saturated carbocycles. The number of rotatable bonds is 1. The van der Waals surface area contributed by atoms with Crippen molar-refractivity contribution >= 4 is 41.2 Å². The quantitative estimate of drug-likeness (QED) is 0.321. The van der Waals surface area contributed by atoms with Crippen LogP contribution in [-0.4, -0.2) is 45.7 Å². The van der Waals surface area contributed by atoms with Gasteiger partial charge in [0.05, 0.1) is 0 Å². The summed E-state index contributed by atoms with van der Waals surface area (Å²) in [4.78, 5) is 10.4. The number of hydrogen-bond acceptors (Lipinski definition) is 3. The fourth-order valence-electron chi connectivity index (χ4n) is 0.725. The van der Waals surface area contributed by atoms with E-state index in [0.717, 1.165) is 0 Å². The van der Waals surface area contributed by atoms with Crippen LogP contribution in [0.25, 0.3) is 0 Å². The Morgan fingerprint density at radius 1 is 1.42 bits per heavy atom. The van der Waals surface area contributed by atoms with Gasteiger partial charge in [0, 0.05) is 5.69 Å².